The van der Waals surface area contributed by atoms with E-state index in [2.05, 4.69) is 32.7 Å². The highest BCUT2D eigenvalue weighted by molar-refractivity contribution is 7.13. The molecule has 6 nitrogen and oxygen atoms in total. The van der Waals surface area contributed by atoms with E-state index in [-0.39, 0.29) is 12.2 Å². The Balaban J connectivity index is 1.34. The molecule has 0 aliphatic carbocycles. The Morgan fingerprint density at radius 3 is 2.89 bits per heavy atom. The number of nitrogens with zero attached hydrogens (tertiary/aromatic N) is 3. The van der Waals surface area contributed by atoms with E-state index in [1.54, 1.807) is 11.3 Å². The van der Waals surface area contributed by atoms with Crippen molar-refractivity contribution in [3.05, 3.63) is 41.4 Å². The average Bonchev–Trinajstić information content (AvgIpc) is 3.42. The Labute approximate surface area is 164 Å². The fourth-order valence-corrected chi connectivity index (χ4v) is 4.42. The van der Waals surface area contributed by atoms with E-state index >= 15 is 0 Å². The third-order valence-electron chi connectivity index (χ3n) is 4.98. The van der Waals surface area contributed by atoms with E-state index in [9.17, 15) is 0 Å². The van der Waals surface area contributed by atoms with Crippen molar-refractivity contribution in [3.63, 3.8) is 0 Å². The highest BCUT2D eigenvalue weighted by Crippen LogP contribution is 2.23. The molecule has 2 saturated heterocycles. The van der Waals surface area contributed by atoms with Crippen LogP contribution in [0.1, 0.15) is 18.5 Å². The lowest BCUT2D eigenvalue weighted by Gasteiger charge is -2.37. The molecule has 0 amide bonds. The van der Waals surface area contributed by atoms with Crippen molar-refractivity contribution in [2.75, 3.05) is 33.4 Å². The second kappa shape index (κ2) is 8.82. The van der Waals surface area contributed by atoms with Gasteiger partial charge in [0.2, 0.25) is 0 Å². The highest BCUT2D eigenvalue weighted by Gasteiger charge is 2.32. The molecular formula is C20H26N4O2S. The summed E-state index contributed by atoms with van der Waals surface area (Å²) in [5.41, 5.74) is 2.19. The molecule has 1 aromatic heterocycles. The minimum absolute atomic E-state index is 0.128. The highest BCUT2D eigenvalue weighted by atomic mass is 32.1. The van der Waals surface area contributed by atoms with Gasteiger partial charge in [0.25, 0.3) is 0 Å². The predicted octanol–water partition coefficient (Wildman–Crippen LogP) is 2.77. The van der Waals surface area contributed by atoms with E-state index in [1.165, 1.54) is 0 Å². The minimum atomic E-state index is 0.128. The van der Waals surface area contributed by atoms with Crippen LogP contribution < -0.4 is 5.32 Å². The number of aliphatic imine (C=N–C) groups is 1. The molecule has 1 aromatic carbocycles. The first-order chi connectivity index (χ1) is 13.3. The summed E-state index contributed by atoms with van der Waals surface area (Å²) in [6.07, 6.45) is 2.57. The van der Waals surface area contributed by atoms with Gasteiger partial charge in [-0.05, 0) is 12.8 Å². The summed E-state index contributed by atoms with van der Waals surface area (Å²) in [6.45, 7) is 3.88. The van der Waals surface area contributed by atoms with Crippen molar-refractivity contribution in [3.8, 4) is 10.6 Å². The van der Waals surface area contributed by atoms with Crippen LogP contribution in [0.3, 0.4) is 0 Å². The van der Waals surface area contributed by atoms with E-state index in [4.69, 9.17) is 14.5 Å². The summed E-state index contributed by atoms with van der Waals surface area (Å²) >= 11 is 1.67. The first-order valence-corrected chi connectivity index (χ1v) is 10.4. The molecule has 2 aromatic rings. The number of ether oxygens (including phenoxy) is 2. The van der Waals surface area contributed by atoms with E-state index in [0.29, 0.717) is 13.2 Å². The van der Waals surface area contributed by atoms with Gasteiger partial charge in [0.05, 0.1) is 24.9 Å². The molecule has 2 aliphatic rings. The van der Waals surface area contributed by atoms with Gasteiger partial charge in [-0.2, -0.15) is 0 Å². The molecule has 0 radical (unpaired) electrons. The van der Waals surface area contributed by atoms with Crippen LogP contribution in [0.25, 0.3) is 10.6 Å². The Morgan fingerprint density at radius 2 is 2.11 bits per heavy atom. The van der Waals surface area contributed by atoms with E-state index < -0.39 is 0 Å². The van der Waals surface area contributed by atoms with Crippen LogP contribution in [-0.4, -0.2) is 61.4 Å². The smallest absolute Gasteiger partial charge is 0.194 e. The maximum Gasteiger partial charge on any atom is 0.194 e. The number of nitrogens with one attached hydrogen (secondary N) is 1. The molecule has 2 atom stereocenters. The van der Waals surface area contributed by atoms with Crippen LogP contribution in [0.4, 0.5) is 0 Å². The normalized spacial score (nSPS) is 23.6. The number of rotatable bonds is 4. The average molecular weight is 387 g/mol. The van der Waals surface area contributed by atoms with Crippen LogP contribution >= 0.6 is 11.3 Å². The molecule has 1 N–H and O–H groups in total. The number of thiazole rings is 1. The van der Waals surface area contributed by atoms with Gasteiger partial charge >= 0.3 is 0 Å². The minimum Gasteiger partial charge on any atom is -0.375 e. The zero-order chi connectivity index (χ0) is 18.5. The zero-order valence-corrected chi connectivity index (χ0v) is 16.5. The fourth-order valence-electron chi connectivity index (χ4n) is 3.59. The Bertz CT molecular complexity index is 758. The summed E-state index contributed by atoms with van der Waals surface area (Å²) in [6, 6.07) is 10.3. The van der Waals surface area contributed by atoms with Crippen LogP contribution in [0, 0.1) is 0 Å². The number of aromatic nitrogens is 1. The van der Waals surface area contributed by atoms with Crippen molar-refractivity contribution < 1.29 is 9.47 Å². The molecular weight excluding hydrogens is 360 g/mol. The van der Waals surface area contributed by atoms with Gasteiger partial charge in [-0.3, -0.25) is 4.99 Å². The second-order valence-corrected chi connectivity index (χ2v) is 7.68. The van der Waals surface area contributed by atoms with Crippen LogP contribution in [0.5, 0.6) is 0 Å². The summed E-state index contributed by atoms with van der Waals surface area (Å²) < 4.78 is 11.7. The van der Waals surface area contributed by atoms with Crippen LogP contribution in [0.2, 0.25) is 0 Å². The molecule has 27 heavy (non-hydrogen) atoms. The van der Waals surface area contributed by atoms with Gasteiger partial charge in [0, 0.05) is 37.7 Å². The maximum absolute atomic E-state index is 5.94. The summed E-state index contributed by atoms with van der Waals surface area (Å²) in [4.78, 5) is 11.5. The van der Waals surface area contributed by atoms with Gasteiger partial charge in [-0.1, -0.05) is 30.3 Å². The van der Waals surface area contributed by atoms with Gasteiger partial charge in [0.1, 0.15) is 11.1 Å². The van der Waals surface area contributed by atoms with Gasteiger partial charge in [0.15, 0.2) is 5.96 Å². The van der Waals surface area contributed by atoms with E-state index in [1.807, 2.05) is 25.2 Å². The molecule has 0 spiro atoms. The van der Waals surface area contributed by atoms with Crippen molar-refractivity contribution in [2.45, 2.75) is 31.6 Å². The van der Waals surface area contributed by atoms with Crippen molar-refractivity contribution in [2.24, 2.45) is 4.99 Å². The molecule has 7 heteroatoms. The maximum atomic E-state index is 5.94. The molecule has 0 bridgehead atoms. The van der Waals surface area contributed by atoms with Crippen molar-refractivity contribution >= 4 is 17.3 Å². The quantitative estimate of drug-likeness (QED) is 0.647. The fraction of sp³-hybridized carbons (Fsp3) is 0.500. The number of guanidine groups is 1. The van der Waals surface area contributed by atoms with E-state index in [0.717, 1.165) is 54.8 Å². The lowest BCUT2D eigenvalue weighted by Crippen LogP contribution is -2.53. The SMILES string of the molecule is CN=C(NCc1csc(-c2ccccc2)n1)N1CCOC(C2CCCO2)C1. The predicted molar refractivity (Wildman–Crippen MR) is 108 cm³/mol. The number of hydrogen-bond acceptors (Lipinski definition) is 5. The third-order valence-corrected chi connectivity index (χ3v) is 5.92. The van der Waals surface area contributed by atoms with Crippen LogP contribution in [0.15, 0.2) is 40.7 Å². The lowest BCUT2D eigenvalue weighted by atomic mass is 10.1. The largest absolute Gasteiger partial charge is 0.375 e. The number of benzene rings is 1. The zero-order valence-electron chi connectivity index (χ0n) is 15.6. The Kier molecular flexibility index (Phi) is 6.01. The third kappa shape index (κ3) is 4.48. The summed E-state index contributed by atoms with van der Waals surface area (Å²) in [5, 5.41) is 6.61. The molecule has 0 saturated carbocycles. The molecule has 2 aliphatic heterocycles. The van der Waals surface area contributed by atoms with Gasteiger partial charge in [-0.25, -0.2) is 4.98 Å². The summed E-state index contributed by atoms with van der Waals surface area (Å²) in [5.74, 6) is 0.899. The molecule has 3 heterocycles. The molecule has 2 unspecified atom stereocenters. The molecule has 144 valence electrons. The topological polar surface area (TPSA) is 59.0 Å². The van der Waals surface area contributed by atoms with Crippen LogP contribution in [-0.2, 0) is 16.0 Å². The second-order valence-electron chi connectivity index (χ2n) is 6.82. The van der Waals surface area contributed by atoms with Gasteiger partial charge < -0.3 is 19.7 Å². The lowest BCUT2D eigenvalue weighted by molar-refractivity contribution is -0.0817. The molecule has 4 rings (SSSR count). The summed E-state index contributed by atoms with van der Waals surface area (Å²) in [7, 11) is 1.83. The Morgan fingerprint density at radius 1 is 1.26 bits per heavy atom. The first kappa shape index (κ1) is 18.4. The first-order valence-electron chi connectivity index (χ1n) is 9.52. The number of morpholine rings is 1. The monoisotopic (exact) mass is 386 g/mol. The van der Waals surface area contributed by atoms with Gasteiger partial charge in [-0.15, -0.1) is 11.3 Å². The van der Waals surface area contributed by atoms with Crippen molar-refractivity contribution in [1.82, 2.24) is 15.2 Å². The molecule has 2 fully saturated rings. The van der Waals surface area contributed by atoms with Crippen molar-refractivity contribution in [1.29, 1.82) is 0 Å². The standard InChI is InChI=1S/C20H26N4O2S/c1-21-20(24-9-11-26-18(13-24)17-8-5-10-25-17)22-12-16-14-27-19(23-16)15-6-3-2-4-7-15/h2-4,6-7,14,17-18H,5,8-13H2,1H3,(H,21,22). The number of hydrogen-bond donors (Lipinski definition) is 1. The Hall–Kier alpha value is -1.96.